The van der Waals surface area contributed by atoms with E-state index in [-0.39, 0.29) is 22.6 Å². The second kappa shape index (κ2) is 4.97. The van der Waals surface area contributed by atoms with Gasteiger partial charge in [0, 0.05) is 12.0 Å². The number of nitrogens with one attached hydrogen (secondary N) is 1. The van der Waals surface area contributed by atoms with Gasteiger partial charge < -0.3 is 0 Å². The van der Waals surface area contributed by atoms with Gasteiger partial charge in [0.15, 0.2) is 10.6 Å². The van der Waals surface area contributed by atoms with Gasteiger partial charge in [-0.05, 0) is 24.7 Å². The minimum absolute atomic E-state index is 0.0585. The van der Waals surface area contributed by atoms with E-state index in [9.17, 15) is 8.78 Å². The molecule has 96 valence electrons. The van der Waals surface area contributed by atoms with E-state index in [2.05, 4.69) is 16.8 Å². The Labute approximate surface area is 109 Å². The van der Waals surface area contributed by atoms with E-state index in [1.165, 1.54) is 4.57 Å². The third kappa shape index (κ3) is 2.20. The number of nitrogens with zero attached hydrogens (tertiary/aromatic N) is 2. The molecule has 0 spiro atoms. The van der Waals surface area contributed by atoms with Gasteiger partial charge >= 0.3 is 0 Å². The smallest absolute Gasteiger partial charge is 0.296 e. The Morgan fingerprint density at radius 1 is 1.50 bits per heavy atom. The van der Waals surface area contributed by atoms with Crippen molar-refractivity contribution >= 4 is 12.2 Å². The summed E-state index contributed by atoms with van der Waals surface area (Å²) in [6.07, 6.45) is 4.89. The second-order valence-corrected chi connectivity index (χ2v) is 4.53. The van der Waals surface area contributed by atoms with Crippen molar-refractivity contribution in [3.63, 3.8) is 0 Å². The van der Waals surface area contributed by atoms with Crippen molar-refractivity contribution in [1.82, 2.24) is 14.8 Å². The molecule has 1 aromatic heterocycles. The Kier molecular flexibility index (Phi) is 3.56. The minimum Gasteiger partial charge on any atom is -0.296 e. The fourth-order valence-electron chi connectivity index (χ4n) is 2.09. The number of hydrogen-bond donors (Lipinski definition) is 1. The second-order valence-electron chi connectivity index (χ2n) is 4.14. The van der Waals surface area contributed by atoms with Gasteiger partial charge in [-0.15, -0.1) is 0 Å². The topological polar surface area (TPSA) is 33.6 Å². The number of alkyl halides is 2. The maximum absolute atomic E-state index is 12.9. The molecule has 0 fully saturated rings. The van der Waals surface area contributed by atoms with Crippen molar-refractivity contribution in [2.75, 3.05) is 0 Å². The number of H-pyrrole nitrogens is 1. The third-order valence-corrected chi connectivity index (χ3v) is 3.31. The molecule has 0 bridgehead atoms. The lowest BCUT2D eigenvalue weighted by Crippen LogP contribution is -2.19. The van der Waals surface area contributed by atoms with Crippen molar-refractivity contribution in [2.45, 2.75) is 19.4 Å². The summed E-state index contributed by atoms with van der Waals surface area (Å²) >= 11 is 5.02. The van der Waals surface area contributed by atoms with Gasteiger partial charge in [-0.25, -0.2) is 8.78 Å². The Balaban J connectivity index is 2.40. The third-order valence-electron chi connectivity index (χ3n) is 3.02. The SMILES string of the molecule is C=C1C=CC=CC1C(C)n1c(C(F)F)n[nH]c1=S. The first-order chi connectivity index (χ1) is 8.52. The van der Waals surface area contributed by atoms with Gasteiger partial charge in [0.05, 0.1) is 0 Å². The van der Waals surface area contributed by atoms with Gasteiger partial charge in [-0.2, -0.15) is 5.10 Å². The standard InChI is InChI=1S/C12H13F2N3S/c1-7-5-3-4-6-9(7)8(2)17-11(10(13)14)15-16-12(17)18/h3-6,8-10H,1H2,2H3,(H,16,18). The molecule has 2 atom stereocenters. The molecule has 0 saturated heterocycles. The molecule has 1 heterocycles. The summed E-state index contributed by atoms with van der Waals surface area (Å²) in [6, 6.07) is -0.256. The van der Waals surface area contributed by atoms with Crippen LogP contribution in [0.25, 0.3) is 0 Å². The fourth-order valence-corrected chi connectivity index (χ4v) is 2.40. The summed E-state index contributed by atoms with van der Waals surface area (Å²) in [5.74, 6) is -0.389. The van der Waals surface area contributed by atoms with E-state index in [1.54, 1.807) is 0 Å². The monoisotopic (exact) mass is 269 g/mol. The van der Waals surface area contributed by atoms with Crippen molar-refractivity contribution in [3.05, 3.63) is 47.1 Å². The van der Waals surface area contributed by atoms with Crippen molar-refractivity contribution < 1.29 is 8.78 Å². The molecular weight excluding hydrogens is 256 g/mol. The number of hydrogen-bond acceptors (Lipinski definition) is 2. The highest BCUT2D eigenvalue weighted by molar-refractivity contribution is 7.71. The number of aromatic amines is 1. The van der Waals surface area contributed by atoms with Crippen LogP contribution in [0.4, 0.5) is 8.78 Å². The van der Waals surface area contributed by atoms with Gasteiger partial charge in [-0.1, -0.05) is 30.9 Å². The first-order valence-corrected chi connectivity index (χ1v) is 5.92. The van der Waals surface area contributed by atoms with E-state index in [0.29, 0.717) is 0 Å². The summed E-state index contributed by atoms with van der Waals surface area (Å²) in [5, 5.41) is 6.00. The Morgan fingerprint density at radius 2 is 2.22 bits per heavy atom. The van der Waals surface area contributed by atoms with Gasteiger partial charge in [-0.3, -0.25) is 9.67 Å². The van der Waals surface area contributed by atoms with Crippen LogP contribution < -0.4 is 0 Å². The molecule has 2 unspecified atom stereocenters. The summed E-state index contributed by atoms with van der Waals surface area (Å²) in [5.41, 5.74) is 0.869. The van der Waals surface area contributed by atoms with Crippen molar-refractivity contribution in [2.24, 2.45) is 5.92 Å². The average molecular weight is 269 g/mol. The lowest BCUT2D eigenvalue weighted by Gasteiger charge is -2.25. The normalized spacial score (nSPS) is 20.7. The zero-order valence-corrected chi connectivity index (χ0v) is 10.6. The van der Waals surface area contributed by atoms with Crippen molar-refractivity contribution in [3.8, 4) is 0 Å². The fraction of sp³-hybridized carbons (Fsp3) is 0.333. The highest BCUT2D eigenvalue weighted by atomic mass is 32.1. The predicted molar refractivity (Wildman–Crippen MR) is 68.0 cm³/mol. The summed E-state index contributed by atoms with van der Waals surface area (Å²) < 4.78 is 27.3. The van der Waals surface area contributed by atoms with Crippen LogP contribution in [0.15, 0.2) is 36.5 Å². The van der Waals surface area contributed by atoms with Gasteiger partial charge in [0.2, 0.25) is 0 Å². The average Bonchev–Trinajstić information content (AvgIpc) is 2.71. The highest BCUT2D eigenvalue weighted by Gasteiger charge is 2.26. The predicted octanol–water partition coefficient (Wildman–Crippen LogP) is 3.74. The van der Waals surface area contributed by atoms with E-state index >= 15 is 0 Å². The Hall–Kier alpha value is -1.56. The number of allylic oxidation sites excluding steroid dienone is 5. The molecule has 3 nitrogen and oxygen atoms in total. The summed E-state index contributed by atoms with van der Waals surface area (Å²) in [4.78, 5) is 0. The van der Waals surface area contributed by atoms with Crippen LogP contribution in [0.1, 0.15) is 25.2 Å². The Bertz CT molecular complexity index is 568. The highest BCUT2D eigenvalue weighted by Crippen LogP contribution is 2.31. The molecule has 1 aliphatic carbocycles. The maximum Gasteiger partial charge on any atom is 0.297 e. The van der Waals surface area contributed by atoms with E-state index in [1.807, 2.05) is 31.2 Å². The number of aromatic nitrogens is 3. The lowest BCUT2D eigenvalue weighted by atomic mass is 9.89. The largest absolute Gasteiger partial charge is 0.297 e. The zero-order valence-electron chi connectivity index (χ0n) is 9.81. The lowest BCUT2D eigenvalue weighted by molar-refractivity contribution is 0.131. The van der Waals surface area contributed by atoms with Crippen LogP contribution in [-0.4, -0.2) is 14.8 Å². The molecule has 0 amide bonds. The molecule has 1 N–H and O–H groups in total. The number of rotatable bonds is 3. The van der Waals surface area contributed by atoms with Crippen LogP contribution in [-0.2, 0) is 0 Å². The van der Waals surface area contributed by atoms with Gasteiger partial charge in [0.1, 0.15) is 0 Å². The summed E-state index contributed by atoms with van der Waals surface area (Å²) in [7, 11) is 0. The first-order valence-electron chi connectivity index (χ1n) is 5.51. The zero-order chi connectivity index (χ0) is 13.3. The first kappa shape index (κ1) is 12.9. The van der Waals surface area contributed by atoms with Crippen LogP contribution in [0.5, 0.6) is 0 Å². The van der Waals surface area contributed by atoms with Crippen LogP contribution in [0, 0.1) is 10.7 Å². The van der Waals surface area contributed by atoms with Crippen LogP contribution in [0.2, 0.25) is 0 Å². The summed E-state index contributed by atoms with van der Waals surface area (Å²) in [6.45, 7) is 5.76. The van der Waals surface area contributed by atoms with Crippen molar-refractivity contribution in [1.29, 1.82) is 0 Å². The quantitative estimate of drug-likeness (QED) is 0.848. The minimum atomic E-state index is -2.66. The molecular formula is C12H13F2N3S. The maximum atomic E-state index is 12.9. The molecule has 1 aliphatic rings. The Morgan fingerprint density at radius 3 is 2.83 bits per heavy atom. The van der Waals surface area contributed by atoms with Crippen LogP contribution in [0.3, 0.4) is 0 Å². The van der Waals surface area contributed by atoms with Gasteiger partial charge in [0.25, 0.3) is 6.43 Å². The molecule has 0 saturated carbocycles. The molecule has 6 heteroatoms. The van der Waals surface area contributed by atoms with Crippen LogP contribution >= 0.6 is 12.2 Å². The molecule has 18 heavy (non-hydrogen) atoms. The van der Waals surface area contributed by atoms with E-state index < -0.39 is 6.43 Å². The molecule has 0 aliphatic heterocycles. The molecule has 0 aromatic carbocycles. The molecule has 2 rings (SSSR count). The molecule has 1 aromatic rings. The van der Waals surface area contributed by atoms with E-state index in [0.717, 1.165) is 5.57 Å². The van der Waals surface area contributed by atoms with E-state index in [4.69, 9.17) is 12.2 Å². The number of halogens is 2. The molecule has 0 radical (unpaired) electrons.